The number of rotatable bonds is 7. The van der Waals surface area contributed by atoms with E-state index in [0.29, 0.717) is 17.8 Å². The normalized spacial score (nSPS) is 25.8. The van der Waals surface area contributed by atoms with E-state index in [4.69, 9.17) is 19.9 Å². The molecule has 1 aliphatic carbocycles. The summed E-state index contributed by atoms with van der Waals surface area (Å²) >= 11 is 0. The maximum absolute atomic E-state index is 14.0. The first-order chi connectivity index (χ1) is 21.6. The van der Waals surface area contributed by atoms with Crippen molar-refractivity contribution in [2.75, 3.05) is 32.5 Å². The summed E-state index contributed by atoms with van der Waals surface area (Å²) in [4.78, 5) is 32.3. The minimum atomic E-state index is -1.76. The van der Waals surface area contributed by atoms with Gasteiger partial charge in [-0.1, -0.05) is 6.07 Å². The largest absolute Gasteiger partial charge is 0.507 e. The second kappa shape index (κ2) is 12.0. The maximum Gasteiger partial charge on any atom is 0.229 e. The maximum atomic E-state index is 14.0. The van der Waals surface area contributed by atoms with Crippen molar-refractivity contribution >= 4 is 17.4 Å². The number of benzene rings is 2. The van der Waals surface area contributed by atoms with Gasteiger partial charge in [0.25, 0.3) is 0 Å². The number of hydrogen-bond acceptors (Lipinski definition) is 13. The van der Waals surface area contributed by atoms with Crippen molar-refractivity contribution in [2.45, 2.75) is 55.4 Å². The summed E-state index contributed by atoms with van der Waals surface area (Å²) in [5, 5.41) is 55.1. The Morgan fingerprint density at radius 3 is 2.40 bits per heavy atom. The third-order valence-electron chi connectivity index (χ3n) is 9.03. The molecule has 0 bridgehead atoms. The molecule has 5 atom stereocenters. The molecule has 0 spiro atoms. The molecule has 0 saturated carbocycles. The Kier molecular flexibility index (Phi) is 8.24. The van der Waals surface area contributed by atoms with E-state index in [1.807, 2.05) is 6.07 Å². The van der Waals surface area contributed by atoms with Crippen LogP contribution in [0.3, 0.4) is 0 Å². The van der Waals surface area contributed by atoms with Crippen molar-refractivity contribution in [2.24, 2.45) is 0 Å². The number of anilines is 1. The summed E-state index contributed by atoms with van der Waals surface area (Å²) in [7, 11) is 1.36. The van der Waals surface area contributed by atoms with Crippen LogP contribution >= 0.6 is 0 Å². The molecule has 3 heterocycles. The van der Waals surface area contributed by atoms with Crippen LogP contribution in [0.5, 0.6) is 17.2 Å². The molecule has 45 heavy (non-hydrogen) atoms. The number of aromatic nitrogens is 1. The van der Waals surface area contributed by atoms with Gasteiger partial charge in [-0.15, -0.1) is 0 Å². The van der Waals surface area contributed by atoms with Crippen LogP contribution in [0.2, 0.25) is 0 Å². The number of aromatic hydroxyl groups is 1. The molecule has 8 N–H and O–H groups in total. The molecule has 2 saturated heterocycles. The number of nitrogen functional groups attached to an aromatic ring is 1. The zero-order valence-electron chi connectivity index (χ0n) is 24.5. The molecule has 0 amide bonds. The topological polar surface area (TPSA) is 214 Å². The van der Waals surface area contributed by atoms with E-state index in [0.717, 1.165) is 31.5 Å². The molecule has 13 nitrogen and oxygen atoms in total. The lowest BCUT2D eigenvalue weighted by Crippen LogP contribution is -2.60. The van der Waals surface area contributed by atoms with Gasteiger partial charge in [0.05, 0.1) is 24.8 Å². The van der Waals surface area contributed by atoms with Crippen molar-refractivity contribution in [3.05, 3.63) is 76.0 Å². The van der Waals surface area contributed by atoms with Crippen LogP contribution in [0.25, 0.3) is 0 Å². The van der Waals surface area contributed by atoms with Crippen LogP contribution in [0, 0.1) is 0 Å². The number of ether oxygens (including phenoxy) is 3. The number of nitrogens with zero attached hydrogens (tertiary/aromatic N) is 1. The Hall–Kier alpha value is -4.11. The molecule has 0 radical (unpaired) electrons. The van der Waals surface area contributed by atoms with E-state index >= 15 is 0 Å². The van der Waals surface area contributed by atoms with Crippen LogP contribution in [0.15, 0.2) is 42.6 Å². The molecular weight excluding hydrogens is 586 g/mol. The Morgan fingerprint density at radius 2 is 1.73 bits per heavy atom. The molecule has 13 heteroatoms. The smallest absolute Gasteiger partial charge is 0.229 e. The summed E-state index contributed by atoms with van der Waals surface area (Å²) in [5.41, 5.74) is 6.71. The van der Waals surface area contributed by atoms with Crippen molar-refractivity contribution in [3.8, 4) is 17.2 Å². The van der Waals surface area contributed by atoms with Crippen molar-refractivity contribution in [1.82, 2.24) is 10.3 Å². The van der Waals surface area contributed by atoms with Gasteiger partial charge in [-0.05, 0) is 67.7 Å². The van der Waals surface area contributed by atoms with Gasteiger partial charge in [0.2, 0.25) is 12.1 Å². The Balaban J connectivity index is 1.38. The molecule has 5 unspecified atom stereocenters. The van der Waals surface area contributed by atoms with Gasteiger partial charge in [0.15, 0.2) is 5.78 Å². The average Bonchev–Trinajstić information content (AvgIpc) is 3.04. The Labute approximate surface area is 258 Å². The molecule has 1 aromatic heterocycles. The lowest BCUT2D eigenvalue weighted by Gasteiger charge is -2.40. The summed E-state index contributed by atoms with van der Waals surface area (Å²) in [6, 6.07) is 9.51. The van der Waals surface area contributed by atoms with Crippen molar-refractivity contribution < 1.29 is 49.3 Å². The number of fused-ring (bicyclic) bond motifs is 2. The monoisotopic (exact) mass is 621 g/mol. The van der Waals surface area contributed by atoms with Crippen LogP contribution in [-0.2, 0) is 16.6 Å². The zero-order chi connectivity index (χ0) is 32.0. The minimum Gasteiger partial charge on any atom is -0.507 e. The molecule has 238 valence electrons. The fourth-order valence-electron chi connectivity index (χ4n) is 6.56. The molecule has 3 aromatic rings. The fraction of sp³-hybridized carbons (Fsp3) is 0.406. The first-order valence-corrected chi connectivity index (χ1v) is 14.6. The number of pyridine rings is 1. The van der Waals surface area contributed by atoms with E-state index in [9.17, 15) is 35.1 Å². The van der Waals surface area contributed by atoms with Crippen LogP contribution in [0.4, 0.5) is 5.82 Å². The van der Waals surface area contributed by atoms with E-state index < -0.39 is 48.9 Å². The molecule has 2 aromatic carbocycles. The number of hydrogen-bond donors (Lipinski definition) is 7. The van der Waals surface area contributed by atoms with E-state index in [-0.39, 0.29) is 44.9 Å². The summed E-state index contributed by atoms with van der Waals surface area (Å²) < 4.78 is 16.6. The minimum absolute atomic E-state index is 0.0223. The molecule has 2 fully saturated rings. The van der Waals surface area contributed by atoms with Crippen LogP contribution < -0.4 is 20.5 Å². The first kappa shape index (κ1) is 30.9. The van der Waals surface area contributed by atoms with Gasteiger partial charge in [0.1, 0.15) is 47.5 Å². The lowest BCUT2D eigenvalue weighted by molar-refractivity contribution is -0.277. The highest BCUT2D eigenvalue weighted by Gasteiger charge is 2.46. The highest BCUT2D eigenvalue weighted by atomic mass is 16.7. The number of phenols is 1. The van der Waals surface area contributed by atoms with Crippen molar-refractivity contribution in [1.29, 1.82) is 0 Å². The second-order valence-corrected chi connectivity index (χ2v) is 11.7. The molecule has 3 aliphatic rings. The number of piperidine rings is 1. The lowest BCUT2D eigenvalue weighted by atomic mass is 9.69. The molecule has 2 aliphatic heterocycles. The fourth-order valence-corrected chi connectivity index (χ4v) is 6.56. The Morgan fingerprint density at radius 1 is 1.00 bits per heavy atom. The number of nitrogens with one attached hydrogen (secondary N) is 1. The number of aliphatic hydroxyl groups is 4. The van der Waals surface area contributed by atoms with Gasteiger partial charge >= 0.3 is 0 Å². The van der Waals surface area contributed by atoms with Gasteiger partial charge in [0, 0.05) is 28.8 Å². The number of carbonyl (C=O) groups is 2. The van der Waals surface area contributed by atoms with E-state index in [2.05, 4.69) is 10.3 Å². The van der Waals surface area contributed by atoms with E-state index in [1.165, 1.54) is 25.3 Å². The zero-order valence-corrected chi connectivity index (χ0v) is 24.5. The Bertz CT molecular complexity index is 1620. The van der Waals surface area contributed by atoms with Crippen LogP contribution in [0.1, 0.15) is 55.8 Å². The number of aliphatic hydroxyl groups excluding tert-OH is 4. The molecular formula is C32H35N3O10. The van der Waals surface area contributed by atoms with Gasteiger partial charge in [-0.25, -0.2) is 4.98 Å². The second-order valence-electron chi connectivity index (χ2n) is 11.7. The van der Waals surface area contributed by atoms with Gasteiger partial charge in [-0.2, -0.15) is 0 Å². The summed E-state index contributed by atoms with van der Waals surface area (Å²) in [6.45, 7) is 0.848. The number of phenolic OH excluding ortho intramolecular Hbond substituents is 1. The SMILES string of the molecule is COc1cc(OC2OC(CO)C(O)C(O)C2O)c2c(c1)C(=O)c1cc(CC3(c4ccc(N)nc4)CCNCC3)cc(O)c1C2=O. The number of methoxy groups -OCH3 is 1. The molecule has 6 rings (SSSR count). The highest BCUT2D eigenvalue weighted by molar-refractivity contribution is 6.30. The van der Waals surface area contributed by atoms with Gasteiger partial charge in [-0.3, -0.25) is 9.59 Å². The number of nitrogens with two attached hydrogens (primary N) is 1. The average molecular weight is 622 g/mol. The highest BCUT2D eigenvalue weighted by Crippen LogP contribution is 2.43. The standard InChI is InChI=1S/C32H35N3O10/c1-43-17-10-19-25(21(11-17)44-31-30(42)29(41)27(39)22(14-36)45-31)28(40)24-18(26(19)38)8-15(9-20(24)37)12-32(4-6-34-7-5-32)16-2-3-23(33)35-13-16/h2-3,8-11,13,22,27,29-31,34,36-37,39,41-42H,4-7,12,14H2,1H3,(H2,33,35). The third-order valence-corrected chi connectivity index (χ3v) is 9.03. The van der Waals surface area contributed by atoms with Gasteiger partial charge < -0.3 is 50.8 Å². The predicted octanol–water partition coefficient (Wildman–Crippen LogP) is 0.196. The quantitative estimate of drug-likeness (QED) is 0.147. The third kappa shape index (κ3) is 5.41. The van der Waals surface area contributed by atoms with Crippen LogP contribution in [-0.4, -0.2) is 99.6 Å². The van der Waals surface area contributed by atoms with E-state index in [1.54, 1.807) is 18.3 Å². The summed E-state index contributed by atoms with van der Waals surface area (Å²) in [6.07, 6.45) is -4.21. The first-order valence-electron chi connectivity index (χ1n) is 14.6. The predicted molar refractivity (Wildman–Crippen MR) is 158 cm³/mol. The number of ketones is 2. The number of carbonyl (C=O) groups excluding carboxylic acids is 2. The summed E-state index contributed by atoms with van der Waals surface area (Å²) in [5.74, 6) is -1.29. The van der Waals surface area contributed by atoms with Crippen molar-refractivity contribution in [3.63, 3.8) is 0 Å².